The molecule has 0 unspecified atom stereocenters. The minimum Gasteiger partial charge on any atom is -0.354 e. The largest absolute Gasteiger partial charge is 0.354 e. The fourth-order valence-corrected chi connectivity index (χ4v) is 4.57. The van der Waals surface area contributed by atoms with Crippen molar-refractivity contribution in [3.05, 3.63) is 69.2 Å². The first kappa shape index (κ1) is 25.6. The monoisotopic (exact) mass is 480 g/mol. The van der Waals surface area contributed by atoms with E-state index in [9.17, 15) is 9.59 Å². The Morgan fingerprint density at radius 3 is 2.23 bits per heavy atom. The predicted molar refractivity (Wildman–Crippen MR) is 132 cm³/mol. The minimum absolute atomic E-state index is 0.0963. The van der Waals surface area contributed by atoms with Crippen LogP contribution in [0.5, 0.6) is 0 Å². The molecule has 0 aromatic heterocycles. The van der Waals surface area contributed by atoms with Crippen LogP contribution in [-0.2, 0) is 21.9 Å². The van der Waals surface area contributed by atoms with Crippen LogP contribution in [0.15, 0.2) is 42.5 Å². The third-order valence-electron chi connectivity index (χ3n) is 4.86. The number of carbonyl (C=O) groups is 2. The van der Waals surface area contributed by atoms with Crippen LogP contribution in [0, 0.1) is 12.8 Å². The maximum Gasteiger partial charge on any atom is 0.242 e. The highest BCUT2D eigenvalue weighted by molar-refractivity contribution is 7.99. The smallest absolute Gasteiger partial charge is 0.242 e. The molecular weight excluding hydrogens is 451 g/mol. The van der Waals surface area contributed by atoms with Crippen molar-refractivity contribution in [3.63, 3.8) is 0 Å². The summed E-state index contributed by atoms with van der Waals surface area (Å²) in [7, 11) is 0. The summed E-state index contributed by atoms with van der Waals surface area (Å²) in [4.78, 5) is 27.4. The highest BCUT2D eigenvalue weighted by Crippen LogP contribution is 2.28. The van der Waals surface area contributed by atoms with E-state index in [1.807, 2.05) is 45.0 Å². The van der Waals surface area contributed by atoms with E-state index >= 15 is 0 Å². The Morgan fingerprint density at radius 1 is 1.03 bits per heavy atom. The molecule has 2 rings (SSSR count). The van der Waals surface area contributed by atoms with Gasteiger partial charge >= 0.3 is 0 Å². The van der Waals surface area contributed by atoms with Gasteiger partial charge in [-0.15, -0.1) is 11.8 Å². The van der Waals surface area contributed by atoms with Crippen molar-refractivity contribution in [1.82, 2.24) is 10.2 Å². The van der Waals surface area contributed by atoms with Gasteiger partial charge in [-0.1, -0.05) is 72.9 Å². The third-order valence-corrected chi connectivity index (χ3v) is 6.51. The number of benzene rings is 2. The lowest BCUT2D eigenvalue weighted by Crippen LogP contribution is -2.48. The quantitative estimate of drug-likeness (QED) is 0.472. The molecule has 0 saturated heterocycles. The number of thioether (sulfide) groups is 1. The van der Waals surface area contributed by atoms with Crippen LogP contribution in [0.4, 0.5) is 0 Å². The number of nitrogens with one attached hydrogen (secondary N) is 1. The third kappa shape index (κ3) is 8.06. The number of hydrogen-bond acceptors (Lipinski definition) is 3. The van der Waals surface area contributed by atoms with E-state index in [1.54, 1.807) is 30.0 Å². The number of carbonyl (C=O) groups excluding carboxylic acids is 2. The molecule has 2 aromatic carbocycles. The van der Waals surface area contributed by atoms with E-state index in [1.165, 1.54) is 11.8 Å². The summed E-state index contributed by atoms with van der Waals surface area (Å²) < 4.78 is 0. The molecular formula is C24H30Cl2N2O2S. The molecule has 4 nitrogen and oxygen atoms in total. The van der Waals surface area contributed by atoms with Gasteiger partial charge < -0.3 is 10.2 Å². The first-order chi connectivity index (χ1) is 14.7. The number of amides is 2. The molecule has 2 amide bonds. The lowest BCUT2D eigenvalue weighted by Gasteiger charge is -2.29. The molecule has 2 aromatic rings. The Morgan fingerprint density at radius 2 is 1.65 bits per heavy atom. The molecule has 0 aliphatic heterocycles. The molecule has 1 N–H and O–H groups in total. The van der Waals surface area contributed by atoms with Crippen molar-refractivity contribution in [2.24, 2.45) is 5.92 Å². The Kier molecular flexibility index (Phi) is 10.2. The predicted octanol–water partition coefficient (Wildman–Crippen LogP) is 5.72. The molecule has 0 bridgehead atoms. The van der Waals surface area contributed by atoms with Crippen LogP contribution >= 0.6 is 35.0 Å². The number of rotatable bonds is 10. The van der Waals surface area contributed by atoms with Crippen molar-refractivity contribution in [1.29, 1.82) is 0 Å². The summed E-state index contributed by atoms with van der Waals surface area (Å²) in [5.41, 5.74) is 2.95. The van der Waals surface area contributed by atoms with Crippen molar-refractivity contribution >= 4 is 46.8 Å². The number of halogens is 2. The Balaban J connectivity index is 2.09. The topological polar surface area (TPSA) is 49.4 Å². The zero-order valence-corrected chi connectivity index (χ0v) is 20.8. The molecule has 0 fully saturated rings. The van der Waals surface area contributed by atoms with E-state index in [2.05, 4.69) is 5.32 Å². The van der Waals surface area contributed by atoms with Crippen LogP contribution in [0.2, 0.25) is 10.0 Å². The maximum absolute atomic E-state index is 13.1. The lowest BCUT2D eigenvalue weighted by atomic mass is 10.1. The van der Waals surface area contributed by atoms with Crippen LogP contribution in [0.3, 0.4) is 0 Å². The van der Waals surface area contributed by atoms with Crippen LogP contribution < -0.4 is 5.32 Å². The normalized spacial score (nSPS) is 12.0. The average Bonchev–Trinajstić information content (AvgIpc) is 2.73. The summed E-state index contributed by atoms with van der Waals surface area (Å²) in [6.45, 7) is 8.83. The standard InChI is InChI=1S/C24H30Cl2N2O2S/c1-16(2)12-27-24(30)18(4)28(13-19-10-8-17(3)9-11-19)23(29)15-31-14-20-21(25)6-5-7-22(20)26/h5-11,16,18H,12-15H2,1-4H3,(H,27,30)/t18-/m0/s1. The number of hydrogen-bond donors (Lipinski definition) is 1. The SMILES string of the molecule is Cc1ccc(CN(C(=O)CSCc2c(Cl)cccc2Cl)[C@@H](C)C(=O)NCC(C)C)cc1. The van der Waals surface area contributed by atoms with Gasteiger partial charge in [0.15, 0.2) is 0 Å². The minimum atomic E-state index is -0.572. The van der Waals surface area contributed by atoms with Gasteiger partial charge in [-0.2, -0.15) is 0 Å². The van der Waals surface area contributed by atoms with Crippen molar-refractivity contribution < 1.29 is 9.59 Å². The van der Waals surface area contributed by atoms with E-state index in [0.717, 1.165) is 16.7 Å². The zero-order chi connectivity index (χ0) is 23.0. The van der Waals surface area contributed by atoms with Gasteiger partial charge in [0.2, 0.25) is 11.8 Å². The summed E-state index contributed by atoms with van der Waals surface area (Å²) in [5.74, 6) is 0.855. The van der Waals surface area contributed by atoms with Gasteiger partial charge in [0, 0.05) is 28.9 Å². The van der Waals surface area contributed by atoms with Crippen molar-refractivity contribution in [2.45, 2.75) is 46.0 Å². The summed E-state index contributed by atoms with van der Waals surface area (Å²) >= 11 is 13.9. The molecule has 168 valence electrons. The number of nitrogens with zero attached hydrogens (tertiary/aromatic N) is 1. The summed E-state index contributed by atoms with van der Waals surface area (Å²) in [5, 5.41) is 4.11. The Hall–Kier alpha value is -1.69. The van der Waals surface area contributed by atoms with E-state index in [4.69, 9.17) is 23.2 Å². The zero-order valence-electron chi connectivity index (χ0n) is 18.5. The van der Waals surface area contributed by atoms with Crippen LogP contribution in [-0.4, -0.2) is 35.1 Å². The van der Waals surface area contributed by atoms with Crippen molar-refractivity contribution in [2.75, 3.05) is 12.3 Å². The first-order valence-corrected chi connectivity index (χ1v) is 12.2. The molecule has 7 heteroatoms. The fourth-order valence-electron chi connectivity index (χ4n) is 2.92. The molecule has 31 heavy (non-hydrogen) atoms. The molecule has 0 heterocycles. The van der Waals surface area contributed by atoms with Gasteiger partial charge in [0.1, 0.15) is 6.04 Å². The maximum atomic E-state index is 13.1. The second-order valence-electron chi connectivity index (χ2n) is 8.02. The summed E-state index contributed by atoms with van der Waals surface area (Å²) in [6.07, 6.45) is 0. The first-order valence-electron chi connectivity index (χ1n) is 10.3. The van der Waals surface area contributed by atoms with Gasteiger partial charge in [-0.05, 0) is 43.0 Å². The van der Waals surface area contributed by atoms with E-state index < -0.39 is 6.04 Å². The lowest BCUT2D eigenvalue weighted by molar-refractivity contribution is -0.138. The van der Waals surface area contributed by atoms with Gasteiger partial charge in [-0.25, -0.2) is 0 Å². The second-order valence-corrected chi connectivity index (χ2v) is 9.82. The molecule has 0 aliphatic carbocycles. The molecule has 0 radical (unpaired) electrons. The summed E-state index contributed by atoms with van der Waals surface area (Å²) in [6, 6.07) is 12.8. The number of aryl methyl sites for hydroxylation is 1. The van der Waals surface area contributed by atoms with E-state index in [-0.39, 0.29) is 17.6 Å². The molecule has 0 spiro atoms. The second kappa shape index (κ2) is 12.4. The van der Waals surface area contributed by atoms with Gasteiger partial charge in [-0.3, -0.25) is 9.59 Å². The van der Waals surface area contributed by atoms with Gasteiger partial charge in [0.25, 0.3) is 0 Å². The Bertz CT molecular complexity index is 867. The van der Waals surface area contributed by atoms with E-state index in [0.29, 0.717) is 34.8 Å². The van der Waals surface area contributed by atoms with Crippen molar-refractivity contribution in [3.8, 4) is 0 Å². The van der Waals surface area contributed by atoms with Crippen LogP contribution in [0.25, 0.3) is 0 Å². The fraction of sp³-hybridized carbons (Fsp3) is 0.417. The highest BCUT2D eigenvalue weighted by Gasteiger charge is 2.26. The van der Waals surface area contributed by atoms with Crippen LogP contribution in [0.1, 0.15) is 37.5 Å². The average molecular weight is 481 g/mol. The molecule has 0 aliphatic rings. The molecule has 1 atom stereocenters. The molecule has 0 saturated carbocycles. The van der Waals surface area contributed by atoms with Gasteiger partial charge in [0.05, 0.1) is 5.75 Å². The Labute approximate surface area is 199 Å². The highest BCUT2D eigenvalue weighted by atomic mass is 35.5.